The van der Waals surface area contributed by atoms with Gasteiger partial charge in [0.25, 0.3) is 0 Å². The van der Waals surface area contributed by atoms with Gasteiger partial charge in [-0.15, -0.1) is 0 Å². The van der Waals surface area contributed by atoms with Gasteiger partial charge in [-0.05, 0) is 20.3 Å². The van der Waals surface area contributed by atoms with E-state index in [0.29, 0.717) is 6.04 Å². The lowest BCUT2D eigenvalue weighted by Crippen LogP contribution is -2.36. The van der Waals surface area contributed by atoms with Crippen molar-refractivity contribution in [3.63, 3.8) is 0 Å². The minimum atomic E-state index is 0.272. The third kappa shape index (κ3) is 19.9. The zero-order valence-electron chi connectivity index (χ0n) is 16.5. The SMILES string of the molecule is CCCCCCCCCCCCCCCCC(C)NCC(C)N. The van der Waals surface area contributed by atoms with E-state index in [1.165, 1.54) is 96.3 Å². The lowest BCUT2D eigenvalue weighted by Gasteiger charge is -2.15. The summed E-state index contributed by atoms with van der Waals surface area (Å²) in [6, 6.07) is 0.895. The van der Waals surface area contributed by atoms with Crippen LogP contribution in [0.4, 0.5) is 0 Å². The van der Waals surface area contributed by atoms with Crippen molar-refractivity contribution < 1.29 is 0 Å². The van der Waals surface area contributed by atoms with Crippen LogP contribution >= 0.6 is 0 Å². The first-order valence-electron chi connectivity index (χ1n) is 10.7. The standard InChI is InChI=1S/C21H46N2/c1-4-5-6-7-8-9-10-11-12-13-14-15-16-17-18-21(3)23-19-20(2)22/h20-21,23H,4-19,22H2,1-3H3. The average Bonchev–Trinajstić information content (AvgIpc) is 2.53. The molecule has 2 atom stereocenters. The highest BCUT2D eigenvalue weighted by Crippen LogP contribution is 2.13. The molecule has 0 amide bonds. The lowest BCUT2D eigenvalue weighted by molar-refractivity contribution is 0.462. The first-order chi connectivity index (χ1) is 11.2. The van der Waals surface area contributed by atoms with E-state index >= 15 is 0 Å². The Bertz CT molecular complexity index is 216. The average molecular weight is 327 g/mol. The summed E-state index contributed by atoms with van der Waals surface area (Å²) < 4.78 is 0. The maximum Gasteiger partial charge on any atom is 0.0136 e. The maximum atomic E-state index is 5.76. The van der Waals surface area contributed by atoms with E-state index < -0.39 is 0 Å². The van der Waals surface area contributed by atoms with E-state index in [1.807, 2.05) is 0 Å². The molecule has 0 rings (SSSR count). The Labute approximate surface area is 147 Å². The van der Waals surface area contributed by atoms with Gasteiger partial charge in [-0.25, -0.2) is 0 Å². The van der Waals surface area contributed by atoms with E-state index in [1.54, 1.807) is 0 Å². The predicted molar refractivity (Wildman–Crippen MR) is 106 cm³/mol. The molecular weight excluding hydrogens is 280 g/mol. The molecule has 0 aliphatic rings. The molecule has 0 radical (unpaired) electrons. The van der Waals surface area contributed by atoms with Crippen LogP contribution in [0.2, 0.25) is 0 Å². The van der Waals surface area contributed by atoms with Crippen LogP contribution in [-0.2, 0) is 0 Å². The molecule has 2 nitrogen and oxygen atoms in total. The van der Waals surface area contributed by atoms with Crippen LogP contribution in [0.25, 0.3) is 0 Å². The quantitative estimate of drug-likeness (QED) is 0.295. The van der Waals surface area contributed by atoms with Crippen LogP contribution in [0.3, 0.4) is 0 Å². The van der Waals surface area contributed by atoms with E-state index in [4.69, 9.17) is 5.73 Å². The number of hydrogen-bond donors (Lipinski definition) is 2. The highest BCUT2D eigenvalue weighted by molar-refractivity contribution is 4.64. The van der Waals surface area contributed by atoms with Crippen LogP contribution in [0.15, 0.2) is 0 Å². The molecule has 3 N–H and O–H groups in total. The smallest absolute Gasteiger partial charge is 0.0136 e. The van der Waals surface area contributed by atoms with E-state index in [2.05, 4.69) is 26.1 Å². The van der Waals surface area contributed by atoms with Crippen molar-refractivity contribution in [3.8, 4) is 0 Å². The fraction of sp³-hybridized carbons (Fsp3) is 1.00. The van der Waals surface area contributed by atoms with Gasteiger partial charge in [0.15, 0.2) is 0 Å². The number of nitrogens with two attached hydrogens (primary N) is 1. The maximum absolute atomic E-state index is 5.76. The molecule has 0 aliphatic heterocycles. The van der Waals surface area contributed by atoms with E-state index in [-0.39, 0.29) is 6.04 Å². The van der Waals surface area contributed by atoms with Crippen molar-refractivity contribution in [3.05, 3.63) is 0 Å². The molecule has 140 valence electrons. The molecule has 0 aromatic rings. The normalized spacial score (nSPS) is 14.1. The topological polar surface area (TPSA) is 38.0 Å². The van der Waals surface area contributed by atoms with Gasteiger partial charge in [0, 0.05) is 18.6 Å². The van der Waals surface area contributed by atoms with Gasteiger partial charge in [0.05, 0.1) is 0 Å². The van der Waals surface area contributed by atoms with Crippen molar-refractivity contribution in [1.29, 1.82) is 0 Å². The fourth-order valence-electron chi connectivity index (χ4n) is 3.13. The number of nitrogens with one attached hydrogen (secondary N) is 1. The van der Waals surface area contributed by atoms with Gasteiger partial charge >= 0.3 is 0 Å². The van der Waals surface area contributed by atoms with Crippen LogP contribution in [0.1, 0.15) is 117 Å². The second-order valence-corrected chi connectivity index (χ2v) is 7.67. The van der Waals surface area contributed by atoms with Crippen molar-refractivity contribution >= 4 is 0 Å². The van der Waals surface area contributed by atoms with Gasteiger partial charge in [0.2, 0.25) is 0 Å². The zero-order chi connectivity index (χ0) is 17.2. The molecule has 0 aromatic carbocycles. The number of unbranched alkanes of at least 4 members (excludes halogenated alkanes) is 13. The summed E-state index contributed by atoms with van der Waals surface area (Å²) in [7, 11) is 0. The largest absolute Gasteiger partial charge is 0.327 e. The summed E-state index contributed by atoms with van der Waals surface area (Å²) in [6.45, 7) is 7.58. The molecule has 0 aromatic heterocycles. The second-order valence-electron chi connectivity index (χ2n) is 7.67. The Morgan fingerprint density at radius 2 is 1.04 bits per heavy atom. The number of hydrogen-bond acceptors (Lipinski definition) is 2. The molecule has 0 fully saturated rings. The Morgan fingerprint density at radius 3 is 1.43 bits per heavy atom. The van der Waals surface area contributed by atoms with Gasteiger partial charge in [-0.2, -0.15) is 0 Å². The molecule has 0 aliphatic carbocycles. The van der Waals surface area contributed by atoms with Crippen LogP contribution in [0, 0.1) is 0 Å². The van der Waals surface area contributed by atoms with E-state index in [9.17, 15) is 0 Å². The van der Waals surface area contributed by atoms with Crippen LogP contribution in [-0.4, -0.2) is 18.6 Å². The van der Waals surface area contributed by atoms with Crippen molar-refractivity contribution in [2.75, 3.05) is 6.54 Å². The van der Waals surface area contributed by atoms with Crippen molar-refractivity contribution in [2.45, 2.75) is 129 Å². The van der Waals surface area contributed by atoms with E-state index in [0.717, 1.165) is 6.54 Å². The molecule has 23 heavy (non-hydrogen) atoms. The minimum absolute atomic E-state index is 0.272. The molecule has 0 saturated carbocycles. The summed E-state index contributed by atoms with van der Waals surface area (Å²) in [5, 5.41) is 3.50. The second kappa shape index (κ2) is 18.3. The summed E-state index contributed by atoms with van der Waals surface area (Å²) in [4.78, 5) is 0. The highest BCUT2D eigenvalue weighted by Gasteiger charge is 2.02. The monoisotopic (exact) mass is 326 g/mol. The summed E-state index contributed by atoms with van der Waals surface area (Å²) in [5.41, 5.74) is 5.76. The zero-order valence-corrected chi connectivity index (χ0v) is 16.5. The van der Waals surface area contributed by atoms with Crippen LogP contribution in [0.5, 0.6) is 0 Å². The Balaban J connectivity index is 3.07. The molecule has 0 saturated heterocycles. The fourth-order valence-corrected chi connectivity index (χ4v) is 3.13. The summed E-state index contributed by atoms with van der Waals surface area (Å²) in [5.74, 6) is 0. The Morgan fingerprint density at radius 1 is 0.652 bits per heavy atom. The highest BCUT2D eigenvalue weighted by atomic mass is 14.9. The summed E-state index contributed by atoms with van der Waals surface area (Å²) >= 11 is 0. The van der Waals surface area contributed by atoms with Gasteiger partial charge in [0.1, 0.15) is 0 Å². The Hall–Kier alpha value is -0.0800. The predicted octanol–water partition coefficient (Wildman–Crippen LogP) is 6.18. The molecule has 0 spiro atoms. The molecule has 0 heterocycles. The third-order valence-electron chi connectivity index (χ3n) is 4.78. The van der Waals surface area contributed by atoms with Crippen molar-refractivity contribution in [1.82, 2.24) is 5.32 Å². The first kappa shape index (κ1) is 22.9. The van der Waals surface area contributed by atoms with Crippen molar-refractivity contribution in [2.24, 2.45) is 5.73 Å². The Kier molecular flexibility index (Phi) is 18.2. The molecule has 2 unspecified atom stereocenters. The van der Waals surface area contributed by atoms with Gasteiger partial charge < -0.3 is 11.1 Å². The number of rotatable bonds is 18. The molecule has 0 bridgehead atoms. The van der Waals surface area contributed by atoms with Crippen LogP contribution < -0.4 is 11.1 Å². The lowest BCUT2D eigenvalue weighted by atomic mass is 10.0. The molecule has 2 heteroatoms. The summed E-state index contributed by atoms with van der Waals surface area (Å²) in [6.07, 6.45) is 21.4. The van der Waals surface area contributed by atoms with Gasteiger partial charge in [-0.3, -0.25) is 0 Å². The first-order valence-corrected chi connectivity index (χ1v) is 10.7. The minimum Gasteiger partial charge on any atom is -0.327 e. The molecular formula is C21H46N2. The van der Waals surface area contributed by atoms with Gasteiger partial charge in [-0.1, -0.05) is 96.8 Å². The third-order valence-corrected chi connectivity index (χ3v) is 4.78.